The zero-order chi connectivity index (χ0) is 24.7. The van der Waals surface area contributed by atoms with Gasteiger partial charge in [-0.05, 0) is 25.5 Å². The van der Waals surface area contributed by atoms with Crippen molar-refractivity contribution in [3.63, 3.8) is 0 Å². The molecule has 11 heteroatoms. The van der Waals surface area contributed by atoms with Gasteiger partial charge in [-0.2, -0.15) is 0 Å². The third kappa shape index (κ3) is 4.30. The number of halogens is 2. The molecule has 2 amide bonds. The highest BCUT2D eigenvalue weighted by molar-refractivity contribution is 7.15. The average molecular weight is 489 g/mol. The fraction of sp³-hybridized carbons (Fsp3) is 0.304. The number of amides is 2. The molecule has 4 rings (SSSR count). The number of benzene rings is 1. The van der Waals surface area contributed by atoms with E-state index >= 15 is 0 Å². The first-order valence-corrected chi connectivity index (χ1v) is 11.3. The lowest BCUT2D eigenvalue weighted by Gasteiger charge is -2.38. The quantitative estimate of drug-likeness (QED) is 0.553. The van der Waals surface area contributed by atoms with E-state index in [-0.39, 0.29) is 47.3 Å². The van der Waals surface area contributed by atoms with E-state index in [1.54, 1.807) is 13.8 Å². The summed E-state index contributed by atoms with van der Waals surface area (Å²) in [7, 11) is 0. The van der Waals surface area contributed by atoms with E-state index in [1.807, 2.05) is 0 Å². The second-order valence-electron chi connectivity index (χ2n) is 8.40. The zero-order valence-electron chi connectivity index (χ0n) is 18.4. The molecule has 0 aliphatic carbocycles. The third-order valence-corrected chi connectivity index (χ3v) is 6.73. The molecular formula is C23H22F2N4O4S. The van der Waals surface area contributed by atoms with E-state index < -0.39 is 40.7 Å². The predicted octanol–water partition coefficient (Wildman–Crippen LogP) is 2.83. The van der Waals surface area contributed by atoms with Crippen molar-refractivity contribution in [3.05, 3.63) is 68.6 Å². The summed E-state index contributed by atoms with van der Waals surface area (Å²) < 4.78 is 28.6. The summed E-state index contributed by atoms with van der Waals surface area (Å²) in [6.07, 6.45) is 2.91. The van der Waals surface area contributed by atoms with Gasteiger partial charge in [0.2, 0.25) is 11.3 Å². The van der Waals surface area contributed by atoms with Crippen molar-refractivity contribution in [2.45, 2.75) is 38.8 Å². The fourth-order valence-corrected chi connectivity index (χ4v) is 4.95. The van der Waals surface area contributed by atoms with Crippen molar-refractivity contribution in [2.75, 3.05) is 6.54 Å². The number of hydrogen-bond donors (Lipinski definition) is 2. The molecule has 178 valence electrons. The summed E-state index contributed by atoms with van der Waals surface area (Å²) in [4.78, 5) is 44.0. The molecule has 1 aliphatic heterocycles. The van der Waals surface area contributed by atoms with Crippen molar-refractivity contribution in [2.24, 2.45) is 5.73 Å². The highest BCUT2D eigenvalue weighted by Crippen LogP contribution is 2.33. The smallest absolute Gasteiger partial charge is 0.274 e. The Bertz CT molecular complexity index is 1350. The molecule has 3 aromatic rings. The molecule has 1 aliphatic rings. The summed E-state index contributed by atoms with van der Waals surface area (Å²) in [6, 6.07) is 2.49. The lowest BCUT2D eigenvalue weighted by Crippen LogP contribution is -2.48. The standard InChI is InChI=1S/C23H22F2N4O4S/c1-11(2)28-9-14(7-18(26)30)29-10-16(20(31)21(32)19(29)23(28)33)22-27-8-15(34-22)5-12-3-4-13(24)6-17(12)25/h3-4,6,8,10-11,14,32H,5,7,9H2,1-2H3,(H2,26,30). The van der Waals surface area contributed by atoms with Crippen LogP contribution in [0.4, 0.5) is 8.78 Å². The van der Waals surface area contributed by atoms with Crippen LogP contribution < -0.4 is 11.2 Å². The number of aromatic hydroxyl groups is 1. The lowest BCUT2D eigenvalue weighted by molar-refractivity contribution is -0.119. The normalized spacial score (nSPS) is 15.6. The van der Waals surface area contributed by atoms with Gasteiger partial charge in [-0.25, -0.2) is 13.8 Å². The number of carbonyl (C=O) groups is 2. The molecule has 0 bridgehead atoms. The average Bonchev–Trinajstić information content (AvgIpc) is 3.22. The number of thiazole rings is 1. The number of rotatable bonds is 6. The van der Waals surface area contributed by atoms with Crippen LogP contribution in [-0.2, 0) is 11.2 Å². The van der Waals surface area contributed by atoms with Gasteiger partial charge in [-0.15, -0.1) is 11.3 Å². The maximum atomic E-state index is 14.0. The number of nitrogens with zero attached hydrogens (tertiary/aromatic N) is 3. The molecule has 2 aromatic heterocycles. The van der Waals surface area contributed by atoms with Crippen molar-refractivity contribution < 1.29 is 23.5 Å². The number of aromatic nitrogens is 2. The number of pyridine rings is 1. The molecule has 0 fully saturated rings. The van der Waals surface area contributed by atoms with Gasteiger partial charge < -0.3 is 20.3 Å². The Morgan fingerprint density at radius 1 is 1.32 bits per heavy atom. The van der Waals surface area contributed by atoms with Crippen LogP contribution in [0.2, 0.25) is 0 Å². The SMILES string of the molecule is CC(C)N1CC(CC(N)=O)n2cc(-c3ncc(Cc4ccc(F)cc4F)s3)c(=O)c(O)c2C1=O. The second-order valence-corrected chi connectivity index (χ2v) is 9.51. The van der Waals surface area contributed by atoms with Crippen molar-refractivity contribution >= 4 is 23.2 Å². The molecule has 3 N–H and O–H groups in total. The second kappa shape index (κ2) is 8.98. The molecular weight excluding hydrogens is 466 g/mol. The van der Waals surface area contributed by atoms with Gasteiger partial charge in [0.05, 0.1) is 11.6 Å². The summed E-state index contributed by atoms with van der Waals surface area (Å²) in [5.74, 6) is -3.22. The van der Waals surface area contributed by atoms with E-state index in [9.17, 15) is 28.3 Å². The number of carbonyl (C=O) groups excluding carboxylic acids is 2. The third-order valence-electron chi connectivity index (χ3n) is 5.70. The molecule has 1 unspecified atom stereocenters. The number of hydrogen-bond acceptors (Lipinski definition) is 6. The number of fused-ring (bicyclic) bond motifs is 1. The molecule has 34 heavy (non-hydrogen) atoms. The summed E-state index contributed by atoms with van der Waals surface area (Å²) in [6.45, 7) is 3.76. The molecule has 3 heterocycles. The van der Waals surface area contributed by atoms with Gasteiger partial charge in [0, 0.05) is 48.8 Å². The minimum absolute atomic E-state index is 0.0392. The zero-order valence-corrected chi connectivity index (χ0v) is 19.2. The van der Waals surface area contributed by atoms with E-state index in [4.69, 9.17) is 5.73 Å². The van der Waals surface area contributed by atoms with Crippen molar-refractivity contribution in [1.82, 2.24) is 14.5 Å². The van der Waals surface area contributed by atoms with Crippen LogP contribution in [-0.4, -0.2) is 44.0 Å². The van der Waals surface area contributed by atoms with E-state index in [1.165, 1.54) is 27.9 Å². The van der Waals surface area contributed by atoms with Crippen LogP contribution in [0.3, 0.4) is 0 Å². The Kier molecular flexibility index (Phi) is 6.22. The van der Waals surface area contributed by atoms with Crippen molar-refractivity contribution in [3.8, 4) is 16.3 Å². The van der Waals surface area contributed by atoms with Gasteiger partial charge in [-0.3, -0.25) is 14.4 Å². The van der Waals surface area contributed by atoms with Gasteiger partial charge in [-0.1, -0.05) is 6.07 Å². The minimum atomic E-state index is -0.781. The van der Waals surface area contributed by atoms with Crippen LogP contribution in [0.15, 0.2) is 35.4 Å². The largest absolute Gasteiger partial charge is 0.503 e. The number of primary amides is 1. The van der Waals surface area contributed by atoms with Gasteiger partial charge >= 0.3 is 0 Å². The first-order valence-electron chi connectivity index (χ1n) is 10.5. The predicted molar refractivity (Wildman–Crippen MR) is 122 cm³/mol. The van der Waals surface area contributed by atoms with Gasteiger partial charge in [0.25, 0.3) is 5.91 Å². The molecule has 1 aromatic carbocycles. The molecule has 0 saturated carbocycles. The molecule has 0 radical (unpaired) electrons. The minimum Gasteiger partial charge on any atom is -0.503 e. The summed E-state index contributed by atoms with van der Waals surface area (Å²) >= 11 is 1.11. The monoisotopic (exact) mass is 488 g/mol. The molecule has 0 spiro atoms. The Morgan fingerprint density at radius 3 is 2.71 bits per heavy atom. The maximum Gasteiger partial charge on any atom is 0.274 e. The lowest BCUT2D eigenvalue weighted by atomic mass is 10.0. The van der Waals surface area contributed by atoms with Crippen LogP contribution in [0.1, 0.15) is 47.2 Å². The van der Waals surface area contributed by atoms with E-state index in [2.05, 4.69) is 4.98 Å². The van der Waals surface area contributed by atoms with Crippen molar-refractivity contribution in [1.29, 1.82) is 0 Å². The van der Waals surface area contributed by atoms with Gasteiger partial charge in [0.15, 0.2) is 11.4 Å². The maximum absolute atomic E-state index is 14.0. The highest BCUT2D eigenvalue weighted by atomic mass is 32.1. The topological polar surface area (TPSA) is 119 Å². The first kappa shape index (κ1) is 23.6. The Labute approximate surface area is 197 Å². The van der Waals surface area contributed by atoms with E-state index in [0.717, 1.165) is 23.5 Å². The van der Waals surface area contributed by atoms with Crippen LogP contribution >= 0.6 is 11.3 Å². The number of nitrogens with two attached hydrogens (primary N) is 1. The molecule has 0 saturated heterocycles. The molecule has 1 atom stereocenters. The van der Waals surface area contributed by atoms with Gasteiger partial charge in [0.1, 0.15) is 16.6 Å². The summed E-state index contributed by atoms with van der Waals surface area (Å²) in [5, 5.41) is 11.0. The Hall–Kier alpha value is -3.60. The molecule has 8 nitrogen and oxygen atoms in total. The summed E-state index contributed by atoms with van der Waals surface area (Å²) in [5.41, 5.74) is 4.73. The van der Waals surface area contributed by atoms with E-state index in [0.29, 0.717) is 4.88 Å². The van der Waals surface area contributed by atoms with Crippen LogP contribution in [0, 0.1) is 11.6 Å². The Morgan fingerprint density at radius 2 is 2.06 bits per heavy atom. The highest BCUT2D eigenvalue weighted by Gasteiger charge is 2.36. The fourth-order valence-electron chi connectivity index (χ4n) is 4.01. The Balaban J connectivity index is 1.76. The van der Waals surface area contributed by atoms with Crippen LogP contribution in [0.25, 0.3) is 10.6 Å². The van der Waals surface area contributed by atoms with Crippen LogP contribution in [0.5, 0.6) is 5.75 Å². The first-order chi connectivity index (χ1) is 16.1.